The molecule has 1 aromatic rings. The van der Waals surface area contributed by atoms with Crippen LogP contribution in [0.4, 0.5) is 0 Å². The first-order valence-corrected chi connectivity index (χ1v) is 10.5. The van der Waals surface area contributed by atoms with Crippen LogP contribution in [0, 0.1) is 5.41 Å². The van der Waals surface area contributed by atoms with E-state index in [0.717, 1.165) is 38.4 Å². The van der Waals surface area contributed by atoms with Crippen LogP contribution < -0.4 is 0 Å². The summed E-state index contributed by atoms with van der Waals surface area (Å²) in [5.74, 6) is 1.42. The molecule has 0 radical (unpaired) electrons. The lowest BCUT2D eigenvalue weighted by atomic mass is 9.72. The summed E-state index contributed by atoms with van der Waals surface area (Å²) in [6.07, 6.45) is 4.84. The van der Waals surface area contributed by atoms with Gasteiger partial charge in [-0.3, -0.25) is 4.79 Å². The molecule has 2 aliphatic heterocycles. The Hall–Kier alpha value is -1.04. The SMILES string of the molecule is O=C1CCC2(CCN(CCSc3ccccc3)CC2)CN1CCCO. The van der Waals surface area contributed by atoms with Crippen molar-refractivity contribution in [3.05, 3.63) is 30.3 Å². The Balaban J connectivity index is 1.42. The van der Waals surface area contributed by atoms with Gasteiger partial charge in [-0.15, -0.1) is 11.8 Å². The van der Waals surface area contributed by atoms with Gasteiger partial charge >= 0.3 is 0 Å². The van der Waals surface area contributed by atoms with Crippen molar-refractivity contribution in [3.63, 3.8) is 0 Å². The van der Waals surface area contributed by atoms with Crippen LogP contribution in [0.1, 0.15) is 32.1 Å². The summed E-state index contributed by atoms with van der Waals surface area (Å²) in [5, 5.41) is 9.04. The van der Waals surface area contributed by atoms with Gasteiger partial charge in [-0.2, -0.15) is 0 Å². The Kier molecular flexibility index (Phi) is 6.79. The minimum Gasteiger partial charge on any atom is -0.396 e. The van der Waals surface area contributed by atoms with Crippen LogP contribution in [-0.4, -0.2) is 65.9 Å². The quantitative estimate of drug-likeness (QED) is 0.758. The average Bonchev–Trinajstić information content (AvgIpc) is 2.65. The molecule has 5 heteroatoms. The Morgan fingerprint density at radius 2 is 1.84 bits per heavy atom. The van der Waals surface area contributed by atoms with Gasteiger partial charge in [0.25, 0.3) is 0 Å². The second kappa shape index (κ2) is 9.06. The first-order valence-electron chi connectivity index (χ1n) is 9.50. The van der Waals surface area contributed by atoms with E-state index in [9.17, 15) is 4.79 Å². The molecule has 138 valence electrons. The van der Waals surface area contributed by atoms with Gasteiger partial charge in [-0.1, -0.05) is 18.2 Å². The van der Waals surface area contributed by atoms with Crippen molar-refractivity contribution in [1.82, 2.24) is 9.80 Å². The number of rotatable bonds is 7. The molecule has 1 amide bonds. The number of hydrogen-bond donors (Lipinski definition) is 1. The first-order chi connectivity index (χ1) is 12.2. The van der Waals surface area contributed by atoms with Gasteiger partial charge in [0.1, 0.15) is 0 Å². The lowest BCUT2D eigenvalue weighted by Crippen LogP contribution is -2.51. The number of hydrogen-bond acceptors (Lipinski definition) is 4. The maximum Gasteiger partial charge on any atom is 0.222 e. The molecule has 1 aromatic carbocycles. The molecular weight excluding hydrogens is 332 g/mol. The maximum absolute atomic E-state index is 12.1. The Morgan fingerprint density at radius 3 is 2.56 bits per heavy atom. The van der Waals surface area contributed by atoms with Crippen molar-refractivity contribution in [2.45, 2.75) is 37.0 Å². The van der Waals surface area contributed by atoms with Crippen LogP contribution in [-0.2, 0) is 4.79 Å². The zero-order valence-corrected chi connectivity index (χ0v) is 15.8. The van der Waals surface area contributed by atoms with Crippen molar-refractivity contribution in [2.24, 2.45) is 5.41 Å². The highest BCUT2D eigenvalue weighted by Gasteiger charge is 2.40. The molecule has 1 N–H and O–H groups in total. The van der Waals surface area contributed by atoms with E-state index in [4.69, 9.17) is 5.11 Å². The van der Waals surface area contributed by atoms with Crippen molar-refractivity contribution in [1.29, 1.82) is 0 Å². The Labute approximate surface area is 155 Å². The molecule has 2 saturated heterocycles. The fourth-order valence-corrected chi connectivity index (χ4v) is 4.97. The number of aliphatic hydroxyl groups excluding tert-OH is 1. The zero-order valence-electron chi connectivity index (χ0n) is 15.0. The van der Waals surface area contributed by atoms with Crippen molar-refractivity contribution >= 4 is 17.7 Å². The van der Waals surface area contributed by atoms with Crippen molar-refractivity contribution < 1.29 is 9.90 Å². The average molecular weight is 363 g/mol. The van der Waals surface area contributed by atoms with Crippen LogP contribution in [0.5, 0.6) is 0 Å². The van der Waals surface area contributed by atoms with Crippen molar-refractivity contribution in [3.8, 4) is 0 Å². The minimum absolute atomic E-state index is 0.170. The molecule has 0 aliphatic carbocycles. The van der Waals surface area contributed by atoms with E-state index in [2.05, 4.69) is 35.2 Å². The molecule has 0 aromatic heterocycles. The molecule has 0 bridgehead atoms. The first kappa shape index (κ1) is 18.7. The molecule has 2 aliphatic rings. The van der Waals surface area contributed by atoms with Crippen LogP contribution in [0.15, 0.2) is 35.2 Å². The smallest absolute Gasteiger partial charge is 0.222 e. The van der Waals surface area contributed by atoms with Crippen LogP contribution in [0.25, 0.3) is 0 Å². The summed E-state index contributed by atoms with van der Waals surface area (Å²) in [5.41, 5.74) is 0.326. The number of likely N-dealkylation sites (tertiary alicyclic amines) is 2. The molecule has 0 atom stereocenters. The van der Waals surface area contributed by atoms with Gasteiger partial charge in [0.2, 0.25) is 5.91 Å². The fourth-order valence-electron chi connectivity index (χ4n) is 4.04. The van der Waals surface area contributed by atoms with E-state index < -0.39 is 0 Å². The van der Waals surface area contributed by atoms with Crippen molar-refractivity contribution in [2.75, 3.05) is 45.1 Å². The maximum atomic E-state index is 12.1. The third kappa shape index (κ3) is 5.22. The molecule has 3 rings (SSSR count). The van der Waals surface area contributed by atoms with Crippen LogP contribution in [0.3, 0.4) is 0 Å². The monoisotopic (exact) mass is 362 g/mol. The van der Waals surface area contributed by atoms with E-state index in [1.54, 1.807) is 0 Å². The van der Waals surface area contributed by atoms with E-state index >= 15 is 0 Å². The van der Waals surface area contributed by atoms with Gasteiger partial charge in [0.15, 0.2) is 0 Å². The summed E-state index contributed by atoms with van der Waals surface area (Å²) in [4.78, 5) is 18.0. The second-order valence-corrected chi connectivity index (χ2v) is 8.56. The van der Waals surface area contributed by atoms with Gasteiger partial charge in [0.05, 0.1) is 0 Å². The predicted molar refractivity (Wildman–Crippen MR) is 103 cm³/mol. The van der Waals surface area contributed by atoms with Gasteiger partial charge in [-0.05, 0) is 56.3 Å². The summed E-state index contributed by atoms with van der Waals surface area (Å²) < 4.78 is 0. The number of amides is 1. The molecule has 25 heavy (non-hydrogen) atoms. The van der Waals surface area contributed by atoms with E-state index in [-0.39, 0.29) is 12.5 Å². The highest BCUT2D eigenvalue weighted by Crippen LogP contribution is 2.40. The molecule has 2 heterocycles. The second-order valence-electron chi connectivity index (χ2n) is 7.40. The third-order valence-corrected chi connectivity index (χ3v) is 6.66. The number of nitrogens with zero attached hydrogens (tertiary/aromatic N) is 2. The topological polar surface area (TPSA) is 43.8 Å². The highest BCUT2D eigenvalue weighted by molar-refractivity contribution is 7.99. The van der Waals surface area contributed by atoms with E-state index in [0.29, 0.717) is 24.8 Å². The van der Waals surface area contributed by atoms with Gasteiger partial charge < -0.3 is 14.9 Å². The highest BCUT2D eigenvalue weighted by atomic mass is 32.2. The number of carbonyl (C=O) groups excluding carboxylic acids is 1. The largest absolute Gasteiger partial charge is 0.396 e. The standard InChI is InChI=1S/C20H30N2O2S/c23-15-4-11-22-17-20(8-7-19(22)24)9-12-21(13-10-20)14-16-25-18-5-2-1-3-6-18/h1-3,5-6,23H,4,7-17H2. The Morgan fingerprint density at radius 1 is 1.08 bits per heavy atom. The molecule has 1 spiro atoms. The molecule has 4 nitrogen and oxygen atoms in total. The molecule has 2 fully saturated rings. The third-order valence-electron chi connectivity index (χ3n) is 5.67. The van der Waals surface area contributed by atoms with Crippen LogP contribution in [0.2, 0.25) is 0 Å². The Bertz CT molecular complexity index is 544. The van der Waals surface area contributed by atoms with E-state index in [1.165, 1.54) is 17.7 Å². The number of carbonyl (C=O) groups is 1. The summed E-state index contributed by atoms with van der Waals surface area (Å²) in [6, 6.07) is 10.6. The molecule has 0 saturated carbocycles. The lowest BCUT2D eigenvalue weighted by Gasteiger charge is -2.47. The summed E-state index contributed by atoms with van der Waals surface area (Å²) >= 11 is 1.93. The normalized spacial score (nSPS) is 21.0. The number of aliphatic hydroxyl groups is 1. The predicted octanol–water partition coefficient (Wildman–Crippen LogP) is 2.87. The summed E-state index contributed by atoms with van der Waals surface area (Å²) in [6.45, 7) is 5.23. The molecule has 0 unspecified atom stereocenters. The zero-order chi connectivity index (χ0) is 17.5. The molecular formula is C20H30N2O2S. The van der Waals surface area contributed by atoms with Crippen LogP contribution >= 0.6 is 11.8 Å². The number of benzene rings is 1. The number of thioether (sulfide) groups is 1. The summed E-state index contributed by atoms with van der Waals surface area (Å²) in [7, 11) is 0. The fraction of sp³-hybridized carbons (Fsp3) is 0.650. The van der Waals surface area contributed by atoms with Gasteiger partial charge in [-0.25, -0.2) is 0 Å². The van der Waals surface area contributed by atoms with Gasteiger partial charge in [0, 0.05) is 43.3 Å². The number of piperidine rings is 2. The lowest BCUT2D eigenvalue weighted by molar-refractivity contribution is -0.139. The minimum atomic E-state index is 0.170. The van der Waals surface area contributed by atoms with E-state index in [1.807, 2.05) is 16.7 Å².